The molecule has 2 aromatic carbocycles. The summed E-state index contributed by atoms with van der Waals surface area (Å²) in [5, 5.41) is 62.7. The van der Waals surface area contributed by atoms with Gasteiger partial charge in [-0.3, -0.25) is 14.1 Å². The van der Waals surface area contributed by atoms with E-state index in [2.05, 4.69) is 42.5 Å². The lowest BCUT2D eigenvalue weighted by atomic mass is 10.1. The number of azo groups is 1. The van der Waals surface area contributed by atoms with Gasteiger partial charge in [0.15, 0.2) is 6.23 Å². The number of hydrogen-bond donors (Lipinski definition) is 10. The molecule has 1 fully saturated rings. The molecule has 5 atom stereocenters. The highest BCUT2D eigenvalue weighted by atomic mass is 32.2. The van der Waals surface area contributed by atoms with E-state index in [0.717, 1.165) is 10.9 Å². The Balaban J connectivity index is 0.000000255. The summed E-state index contributed by atoms with van der Waals surface area (Å²) in [6.45, 7) is 2.85. The molecule has 0 radical (unpaired) electrons. The Kier molecular flexibility index (Phi) is 14.7. The lowest BCUT2D eigenvalue weighted by Crippen LogP contribution is -2.45. The highest BCUT2D eigenvalue weighted by Crippen LogP contribution is 2.28. The smallest absolute Gasteiger partial charge is 0.354 e. The summed E-state index contributed by atoms with van der Waals surface area (Å²) in [4.78, 5) is 43.5. The standard InChI is InChI=1S/C18H14N4O5S.C8H12N4O5.C5H11NO2S/c23-16-9-6-13(11-15(16)18(24)25)21-20-12-4-7-14(8-5-12)28(26,27)22-17-3-1-2-10-19-17;9-7-10-2-12(8(16)11-7)6-5(15)4(14)3(1-13)17-6;1-5(2,9)3(6)4(7)8/h1-11,23H,(H,19,22)(H,24,25);2-6,13-15H,1H2,(H2,9,11,16);3,9H,6H2,1-2H3,(H,7,8)/t;3-,4-,5-,6-;3-/m.10/s1. The third kappa shape index (κ3) is 11.7. The van der Waals surface area contributed by atoms with Crippen LogP contribution < -0.4 is 21.9 Å². The van der Waals surface area contributed by atoms with Crippen LogP contribution in [0.3, 0.4) is 0 Å². The Hall–Kier alpha value is -5.56. The molecule has 0 bridgehead atoms. The minimum absolute atomic E-state index is 0.0231. The van der Waals surface area contributed by atoms with E-state index in [0.29, 0.717) is 5.69 Å². The number of thiol groups is 1. The van der Waals surface area contributed by atoms with Gasteiger partial charge in [-0.25, -0.2) is 28.0 Å². The van der Waals surface area contributed by atoms with Gasteiger partial charge in [0, 0.05) is 10.9 Å². The van der Waals surface area contributed by atoms with E-state index in [1.165, 1.54) is 54.7 Å². The molecule has 0 spiro atoms. The van der Waals surface area contributed by atoms with Crippen LogP contribution in [0.2, 0.25) is 0 Å². The van der Waals surface area contributed by atoms with Crippen molar-refractivity contribution in [3.63, 3.8) is 0 Å². The number of phenols is 1. The number of rotatable bonds is 10. The summed E-state index contributed by atoms with van der Waals surface area (Å²) in [5.74, 6) is -2.67. The second-order valence-electron chi connectivity index (χ2n) is 11.6. The van der Waals surface area contributed by atoms with Crippen LogP contribution in [0.15, 0.2) is 93.1 Å². The number of nitrogens with two attached hydrogens (primary N) is 2. The van der Waals surface area contributed by atoms with E-state index in [1.807, 2.05) is 0 Å². The fourth-order valence-electron chi connectivity index (χ4n) is 4.13. The molecule has 1 saturated heterocycles. The molecule has 290 valence electrons. The van der Waals surface area contributed by atoms with Crippen molar-refractivity contribution in [2.75, 3.05) is 17.1 Å². The van der Waals surface area contributed by atoms with Crippen LogP contribution in [-0.4, -0.2) is 106 Å². The molecular formula is C31H37N9O12S2. The topological polar surface area (TPSA) is 348 Å². The van der Waals surface area contributed by atoms with Crippen molar-refractivity contribution in [3.8, 4) is 5.75 Å². The third-order valence-electron chi connectivity index (χ3n) is 7.11. The molecular weight excluding hydrogens is 755 g/mol. The van der Waals surface area contributed by atoms with E-state index in [4.69, 9.17) is 31.5 Å². The number of carbonyl (C=O) groups is 2. The van der Waals surface area contributed by atoms with Gasteiger partial charge in [-0.15, -0.1) is 0 Å². The van der Waals surface area contributed by atoms with Gasteiger partial charge in [0.05, 0.1) is 22.9 Å². The van der Waals surface area contributed by atoms with Crippen LogP contribution in [0.1, 0.15) is 30.4 Å². The van der Waals surface area contributed by atoms with Crippen molar-refractivity contribution in [2.24, 2.45) is 16.0 Å². The summed E-state index contributed by atoms with van der Waals surface area (Å²) in [5.41, 5.74) is 9.97. The number of aromatic carboxylic acids is 1. The summed E-state index contributed by atoms with van der Waals surface area (Å²) in [6, 6.07) is 13.4. The second kappa shape index (κ2) is 18.5. The number of sulfonamides is 1. The maximum absolute atomic E-state index is 12.3. The molecule has 2 aromatic heterocycles. The maximum atomic E-state index is 12.3. The van der Waals surface area contributed by atoms with Gasteiger partial charge in [0.2, 0.25) is 5.95 Å². The first-order valence-electron chi connectivity index (χ1n) is 15.3. The predicted molar refractivity (Wildman–Crippen MR) is 193 cm³/mol. The van der Waals surface area contributed by atoms with Gasteiger partial charge >= 0.3 is 17.6 Å². The average molecular weight is 792 g/mol. The van der Waals surface area contributed by atoms with E-state index in [9.17, 15) is 38.1 Å². The van der Waals surface area contributed by atoms with E-state index in [1.54, 1.807) is 26.0 Å². The average Bonchev–Trinajstić information content (AvgIpc) is 3.40. The summed E-state index contributed by atoms with van der Waals surface area (Å²) >= 11 is 3.98. The first kappa shape index (κ1) is 42.8. The van der Waals surface area contributed by atoms with Crippen molar-refractivity contribution < 1.29 is 53.4 Å². The number of nitrogens with zero attached hydrogens (tertiary/aromatic N) is 6. The van der Waals surface area contributed by atoms with Crippen LogP contribution in [0.4, 0.5) is 23.1 Å². The Bertz CT molecular complexity index is 2100. The molecule has 3 heterocycles. The molecule has 1 aliphatic heterocycles. The van der Waals surface area contributed by atoms with Gasteiger partial charge < -0.3 is 46.8 Å². The lowest BCUT2D eigenvalue weighted by molar-refractivity contribution is -0.139. The number of carboxylic acids is 2. The molecule has 54 heavy (non-hydrogen) atoms. The van der Waals surface area contributed by atoms with Crippen LogP contribution in [0, 0.1) is 0 Å². The van der Waals surface area contributed by atoms with E-state index in [-0.39, 0.29) is 33.7 Å². The number of hydrogen-bond acceptors (Lipinski definition) is 18. The highest BCUT2D eigenvalue weighted by molar-refractivity contribution is 7.92. The van der Waals surface area contributed by atoms with Crippen molar-refractivity contribution in [1.29, 1.82) is 0 Å². The largest absolute Gasteiger partial charge is 0.507 e. The summed E-state index contributed by atoms with van der Waals surface area (Å²) in [7, 11) is -3.79. The minimum Gasteiger partial charge on any atom is -0.507 e. The van der Waals surface area contributed by atoms with Crippen molar-refractivity contribution in [1.82, 2.24) is 19.5 Å². The zero-order valence-corrected chi connectivity index (χ0v) is 30.1. The SMILES string of the molecule is CC(C)(S)[C@@H](N)C(=O)O.Nc1ncn([C@@H]2O[C@H](CO)[C@@H](O)[C@H]2O)c(=O)n1.O=C(O)c1cc(N=Nc2ccc(S(=O)(=O)Nc3ccccn3)cc2)ccc1O. The number of nitrogen functional groups attached to an aromatic ring is 1. The Labute approximate surface area is 312 Å². The number of carboxylic acid groups (broad SMARTS) is 2. The van der Waals surface area contributed by atoms with Gasteiger partial charge in [0.1, 0.15) is 47.8 Å². The Morgan fingerprint density at radius 3 is 2.17 bits per heavy atom. The lowest BCUT2D eigenvalue weighted by Gasteiger charge is -2.21. The summed E-state index contributed by atoms with van der Waals surface area (Å²) in [6.07, 6.45) is -2.20. The fourth-order valence-corrected chi connectivity index (χ4v) is 5.25. The molecule has 0 aliphatic carbocycles. The molecule has 1 aliphatic rings. The molecule has 0 amide bonds. The fraction of sp³-hybridized carbons (Fsp3) is 0.290. The molecule has 21 nitrogen and oxygen atoms in total. The van der Waals surface area contributed by atoms with E-state index < -0.39 is 69.6 Å². The number of ether oxygens (including phenoxy) is 1. The van der Waals surface area contributed by atoms with Gasteiger partial charge in [-0.2, -0.15) is 27.8 Å². The first-order valence-corrected chi connectivity index (χ1v) is 17.2. The van der Waals surface area contributed by atoms with Crippen molar-refractivity contribution in [2.45, 2.75) is 54.1 Å². The number of aromatic nitrogens is 4. The number of aliphatic hydroxyl groups excluding tert-OH is 3. The maximum Gasteiger partial charge on any atom is 0.354 e. The Morgan fingerprint density at radius 2 is 1.67 bits per heavy atom. The van der Waals surface area contributed by atoms with Gasteiger partial charge in [-0.1, -0.05) is 6.07 Å². The number of aliphatic carboxylic acids is 1. The normalized spacial score (nSPS) is 18.8. The van der Waals surface area contributed by atoms with Crippen molar-refractivity contribution in [3.05, 3.63) is 89.2 Å². The number of anilines is 2. The Morgan fingerprint density at radius 1 is 1.04 bits per heavy atom. The van der Waals surface area contributed by atoms with Crippen LogP contribution in [0.25, 0.3) is 0 Å². The summed E-state index contributed by atoms with van der Waals surface area (Å²) < 4.78 is 32.4. The number of aliphatic hydroxyl groups is 3. The third-order valence-corrected chi connectivity index (χ3v) is 8.76. The van der Waals surface area contributed by atoms with Crippen LogP contribution in [-0.2, 0) is 19.6 Å². The number of aromatic hydroxyl groups is 1. The number of benzene rings is 2. The minimum atomic E-state index is -3.79. The number of nitrogens with one attached hydrogen (secondary N) is 1. The predicted octanol–water partition coefficient (Wildman–Crippen LogP) is 0.640. The zero-order valence-electron chi connectivity index (χ0n) is 28.3. The van der Waals surface area contributed by atoms with Crippen molar-refractivity contribution >= 4 is 57.7 Å². The highest BCUT2D eigenvalue weighted by Gasteiger charge is 2.44. The molecule has 5 rings (SSSR count). The quantitative estimate of drug-likeness (QED) is 0.0778. The zero-order chi connectivity index (χ0) is 40.4. The molecule has 11 N–H and O–H groups in total. The second-order valence-corrected chi connectivity index (χ2v) is 14.5. The number of pyridine rings is 1. The molecule has 4 aromatic rings. The van der Waals surface area contributed by atoms with Crippen LogP contribution >= 0.6 is 12.6 Å². The molecule has 0 saturated carbocycles. The van der Waals surface area contributed by atoms with E-state index >= 15 is 0 Å². The van der Waals surface area contributed by atoms with Gasteiger partial charge in [-0.05, 0) is 68.4 Å². The van der Waals surface area contributed by atoms with Gasteiger partial charge in [0.25, 0.3) is 10.0 Å². The molecule has 0 unspecified atom stereocenters. The van der Waals surface area contributed by atoms with Crippen LogP contribution in [0.5, 0.6) is 5.75 Å². The monoisotopic (exact) mass is 791 g/mol. The molecule has 23 heteroatoms. The first-order chi connectivity index (χ1) is 25.2.